The Bertz CT molecular complexity index is 462. The molecule has 4 heteroatoms. The van der Waals surface area contributed by atoms with E-state index in [-0.39, 0.29) is 0 Å². The summed E-state index contributed by atoms with van der Waals surface area (Å²) < 4.78 is 6.10. The minimum Gasteiger partial charge on any atom is -0.377 e. The molecule has 0 aromatic carbocycles. The van der Waals surface area contributed by atoms with Gasteiger partial charge in [-0.25, -0.2) is 0 Å². The summed E-state index contributed by atoms with van der Waals surface area (Å²) in [4.78, 5) is 9.63. The van der Waals surface area contributed by atoms with Gasteiger partial charge in [-0.15, -0.1) is 0 Å². The number of piperazine rings is 1. The molecule has 1 aromatic heterocycles. The molecule has 114 valence electrons. The van der Waals surface area contributed by atoms with Gasteiger partial charge in [0.2, 0.25) is 0 Å². The highest BCUT2D eigenvalue weighted by Crippen LogP contribution is 2.31. The summed E-state index contributed by atoms with van der Waals surface area (Å²) in [5.74, 6) is 0.878. The lowest BCUT2D eigenvalue weighted by Crippen LogP contribution is -2.49. The molecule has 0 spiro atoms. The first-order valence-electron chi connectivity index (χ1n) is 8.35. The predicted octanol–water partition coefficient (Wildman–Crippen LogP) is 1.77. The van der Waals surface area contributed by atoms with Crippen LogP contribution in [0.1, 0.15) is 25.0 Å². The highest BCUT2D eigenvalue weighted by atomic mass is 16.5. The summed E-state index contributed by atoms with van der Waals surface area (Å²) in [5.41, 5.74) is 1.19. The van der Waals surface area contributed by atoms with Gasteiger partial charge >= 0.3 is 0 Å². The van der Waals surface area contributed by atoms with Crippen LogP contribution in [0.2, 0.25) is 0 Å². The van der Waals surface area contributed by atoms with Crippen LogP contribution in [0.15, 0.2) is 24.4 Å². The van der Waals surface area contributed by atoms with E-state index < -0.39 is 0 Å². The molecule has 1 saturated carbocycles. The summed E-state index contributed by atoms with van der Waals surface area (Å²) in [6.45, 7) is 6.64. The van der Waals surface area contributed by atoms with Crippen LogP contribution in [0.4, 0.5) is 0 Å². The van der Waals surface area contributed by atoms with Crippen molar-refractivity contribution in [2.75, 3.05) is 32.8 Å². The predicted molar refractivity (Wildman–Crippen MR) is 82.0 cm³/mol. The van der Waals surface area contributed by atoms with Gasteiger partial charge in [0.05, 0.1) is 11.8 Å². The van der Waals surface area contributed by atoms with Crippen molar-refractivity contribution in [3.8, 4) is 0 Å². The quantitative estimate of drug-likeness (QED) is 0.825. The van der Waals surface area contributed by atoms with Gasteiger partial charge < -0.3 is 4.74 Å². The first-order valence-corrected chi connectivity index (χ1v) is 8.35. The number of rotatable bonds is 5. The zero-order chi connectivity index (χ0) is 14.1. The molecule has 0 N–H and O–H groups in total. The van der Waals surface area contributed by atoms with Gasteiger partial charge in [0.25, 0.3) is 0 Å². The van der Waals surface area contributed by atoms with Crippen LogP contribution in [0.25, 0.3) is 0 Å². The van der Waals surface area contributed by atoms with Crippen LogP contribution in [0, 0.1) is 5.92 Å². The lowest BCUT2D eigenvalue weighted by Gasteiger charge is -2.37. The SMILES string of the molecule is c1ccc(CN2CCN3C[C@H](OCC4CC4)C[C@@H]3C2)nc1. The molecule has 4 nitrogen and oxygen atoms in total. The average molecular weight is 287 g/mol. The molecule has 0 unspecified atom stereocenters. The van der Waals surface area contributed by atoms with Crippen molar-refractivity contribution < 1.29 is 4.74 Å². The van der Waals surface area contributed by atoms with E-state index >= 15 is 0 Å². The van der Waals surface area contributed by atoms with E-state index in [2.05, 4.69) is 26.9 Å². The van der Waals surface area contributed by atoms with E-state index in [0.717, 1.165) is 32.2 Å². The molecular weight excluding hydrogens is 262 g/mol. The number of pyridine rings is 1. The number of nitrogens with zero attached hydrogens (tertiary/aromatic N) is 3. The Morgan fingerprint density at radius 3 is 2.95 bits per heavy atom. The lowest BCUT2D eigenvalue weighted by molar-refractivity contribution is 0.0507. The zero-order valence-electron chi connectivity index (χ0n) is 12.7. The zero-order valence-corrected chi connectivity index (χ0v) is 12.7. The Hall–Kier alpha value is -0.970. The second-order valence-corrected chi connectivity index (χ2v) is 6.84. The van der Waals surface area contributed by atoms with E-state index in [1.165, 1.54) is 38.0 Å². The maximum absolute atomic E-state index is 6.10. The minimum atomic E-state index is 0.477. The number of ether oxygens (including phenoxy) is 1. The van der Waals surface area contributed by atoms with Crippen LogP contribution in [-0.4, -0.2) is 59.7 Å². The van der Waals surface area contributed by atoms with Crippen LogP contribution in [0.5, 0.6) is 0 Å². The molecule has 0 amide bonds. The largest absolute Gasteiger partial charge is 0.377 e. The summed E-state index contributed by atoms with van der Waals surface area (Å²) >= 11 is 0. The third-order valence-corrected chi connectivity index (χ3v) is 5.04. The molecular formula is C17H25N3O. The summed E-state index contributed by atoms with van der Waals surface area (Å²) in [6, 6.07) is 6.88. The van der Waals surface area contributed by atoms with Gasteiger partial charge in [0.1, 0.15) is 0 Å². The Kier molecular flexibility index (Phi) is 3.93. The van der Waals surface area contributed by atoms with Gasteiger partial charge in [0, 0.05) is 51.6 Å². The van der Waals surface area contributed by atoms with Crippen LogP contribution < -0.4 is 0 Å². The summed E-state index contributed by atoms with van der Waals surface area (Å²) in [5, 5.41) is 0. The van der Waals surface area contributed by atoms with Crippen molar-refractivity contribution in [2.24, 2.45) is 5.92 Å². The molecule has 21 heavy (non-hydrogen) atoms. The van der Waals surface area contributed by atoms with Gasteiger partial charge in [-0.1, -0.05) is 6.07 Å². The third-order valence-electron chi connectivity index (χ3n) is 5.04. The van der Waals surface area contributed by atoms with E-state index in [1.54, 1.807) is 0 Å². The molecule has 0 radical (unpaired) electrons. The lowest BCUT2D eigenvalue weighted by atomic mass is 10.1. The highest BCUT2D eigenvalue weighted by Gasteiger charge is 2.37. The summed E-state index contributed by atoms with van der Waals surface area (Å²) in [7, 11) is 0. The first kappa shape index (κ1) is 13.7. The van der Waals surface area contributed by atoms with Crippen molar-refractivity contribution in [2.45, 2.75) is 38.0 Å². The van der Waals surface area contributed by atoms with Crippen molar-refractivity contribution in [3.05, 3.63) is 30.1 Å². The van der Waals surface area contributed by atoms with Crippen molar-refractivity contribution in [3.63, 3.8) is 0 Å². The topological polar surface area (TPSA) is 28.6 Å². The second-order valence-electron chi connectivity index (χ2n) is 6.84. The molecule has 4 rings (SSSR count). The van der Waals surface area contributed by atoms with E-state index in [1.807, 2.05) is 12.3 Å². The molecule has 3 fully saturated rings. The van der Waals surface area contributed by atoms with E-state index in [0.29, 0.717) is 12.1 Å². The maximum atomic E-state index is 6.10. The fourth-order valence-electron chi connectivity index (χ4n) is 3.60. The van der Waals surface area contributed by atoms with Gasteiger partial charge in [-0.2, -0.15) is 0 Å². The highest BCUT2D eigenvalue weighted by molar-refractivity contribution is 5.04. The van der Waals surface area contributed by atoms with E-state index in [9.17, 15) is 0 Å². The first-order chi connectivity index (χ1) is 10.4. The number of aromatic nitrogens is 1. The smallest absolute Gasteiger partial charge is 0.0717 e. The molecule has 2 atom stereocenters. The minimum absolute atomic E-state index is 0.477. The number of fused-ring (bicyclic) bond motifs is 1. The maximum Gasteiger partial charge on any atom is 0.0717 e. The van der Waals surface area contributed by atoms with Gasteiger partial charge in [-0.3, -0.25) is 14.8 Å². The molecule has 0 bridgehead atoms. The van der Waals surface area contributed by atoms with Crippen molar-refractivity contribution in [1.29, 1.82) is 0 Å². The number of hydrogen-bond acceptors (Lipinski definition) is 4. The van der Waals surface area contributed by atoms with Crippen molar-refractivity contribution >= 4 is 0 Å². The Morgan fingerprint density at radius 2 is 2.14 bits per heavy atom. The second kappa shape index (κ2) is 6.03. The fraction of sp³-hybridized carbons (Fsp3) is 0.706. The molecule has 1 aliphatic carbocycles. The monoisotopic (exact) mass is 287 g/mol. The number of hydrogen-bond donors (Lipinski definition) is 0. The third kappa shape index (κ3) is 3.44. The normalized spacial score (nSPS) is 30.5. The average Bonchev–Trinajstić information content (AvgIpc) is 3.25. The Balaban J connectivity index is 1.28. The van der Waals surface area contributed by atoms with Gasteiger partial charge in [0.15, 0.2) is 0 Å². The van der Waals surface area contributed by atoms with Crippen LogP contribution >= 0.6 is 0 Å². The summed E-state index contributed by atoms with van der Waals surface area (Å²) in [6.07, 6.45) is 6.36. The molecule has 2 saturated heterocycles. The van der Waals surface area contributed by atoms with Crippen molar-refractivity contribution in [1.82, 2.24) is 14.8 Å². The fourth-order valence-corrected chi connectivity index (χ4v) is 3.60. The molecule has 3 heterocycles. The van der Waals surface area contributed by atoms with Crippen LogP contribution in [0.3, 0.4) is 0 Å². The molecule has 3 aliphatic rings. The Morgan fingerprint density at radius 1 is 1.19 bits per heavy atom. The van der Waals surface area contributed by atoms with E-state index in [4.69, 9.17) is 4.74 Å². The van der Waals surface area contributed by atoms with Crippen LogP contribution in [-0.2, 0) is 11.3 Å². The standard InChI is InChI=1S/C17H25N3O/c1-2-6-18-15(3-1)10-19-7-8-20-12-17(9-16(20)11-19)21-13-14-4-5-14/h1-3,6,14,16-17H,4-5,7-13H2/t16-,17-/m1/s1. The molecule has 2 aliphatic heterocycles. The molecule has 1 aromatic rings. The Labute approximate surface area is 127 Å². The van der Waals surface area contributed by atoms with Gasteiger partial charge in [-0.05, 0) is 37.3 Å².